The third-order valence-electron chi connectivity index (χ3n) is 3.76. The van der Waals surface area contributed by atoms with Crippen LogP contribution in [0, 0.1) is 6.92 Å². The first kappa shape index (κ1) is 14.0. The number of benzene rings is 1. The van der Waals surface area contributed by atoms with Gasteiger partial charge in [0.1, 0.15) is 5.75 Å². The number of aryl methyl sites for hydroxylation is 1. The number of nitrogens with zero attached hydrogens (tertiary/aromatic N) is 2. The zero-order valence-corrected chi connectivity index (χ0v) is 12.4. The van der Waals surface area contributed by atoms with Crippen molar-refractivity contribution in [2.75, 3.05) is 20.8 Å². The molecule has 112 valence electrons. The third kappa shape index (κ3) is 2.77. The fourth-order valence-electron chi connectivity index (χ4n) is 2.54. The van der Waals surface area contributed by atoms with E-state index in [-0.39, 0.29) is 12.1 Å². The van der Waals surface area contributed by atoms with Crippen molar-refractivity contribution in [2.24, 2.45) is 0 Å². The monoisotopic (exact) mass is 289 g/mol. The quantitative estimate of drug-likeness (QED) is 0.929. The molecule has 1 N–H and O–H groups in total. The van der Waals surface area contributed by atoms with E-state index in [4.69, 9.17) is 14.0 Å². The number of hydrogen-bond acceptors (Lipinski definition) is 6. The van der Waals surface area contributed by atoms with E-state index < -0.39 is 0 Å². The van der Waals surface area contributed by atoms with Gasteiger partial charge in [-0.3, -0.25) is 0 Å². The summed E-state index contributed by atoms with van der Waals surface area (Å²) in [6.45, 7) is 2.81. The Morgan fingerprint density at radius 1 is 1.33 bits per heavy atom. The predicted octanol–water partition coefficient (Wildman–Crippen LogP) is 2.10. The Morgan fingerprint density at radius 2 is 2.19 bits per heavy atom. The number of hydrogen-bond donors (Lipinski definition) is 1. The van der Waals surface area contributed by atoms with Gasteiger partial charge < -0.3 is 19.3 Å². The van der Waals surface area contributed by atoms with Crippen molar-refractivity contribution >= 4 is 0 Å². The highest BCUT2D eigenvalue weighted by molar-refractivity contribution is 5.64. The zero-order valence-electron chi connectivity index (χ0n) is 12.4. The summed E-state index contributed by atoms with van der Waals surface area (Å²) in [5, 5.41) is 7.40. The van der Waals surface area contributed by atoms with Crippen LogP contribution < -0.4 is 10.1 Å². The van der Waals surface area contributed by atoms with E-state index in [1.54, 1.807) is 14.2 Å². The molecule has 0 spiro atoms. The number of methoxy groups -OCH3 is 2. The molecule has 0 unspecified atom stereocenters. The first-order valence-electron chi connectivity index (χ1n) is 6.96. The lowest BCUT2D eigenvalue weighted by Gasteiger charge is -2.06. The molecule has 1 fully saturated rings. The minimum absolute atomic E-state index is 0.0487. The van der Waals surface area contributed by atoms with Crippen LogP contribution in [0.5, 0.6) is 5.75 Å². The molecule has 0 saturated carbocycles. The van der Waals surface area contributed by atoms with Crippen LogP contribution >= 0.6 is 0 Å². The van der Waals surface area contributed by atoms with Gasteiger partial charge in [0, 0.05) is 13.7 Å². The van der Waals surface area contributed by atoms with Crippen molar-refractivity contribution in [3.8, 4) is 17.1 Å². The molecule has 1 aromatic carbocycles. The average Bonchev–Trinajstić information content (AvgIpc) is 3.15. The molecular formula is C15H19N3O3. The van der Waals surface area contributed by atoms with Gasteiger partial charge in [0.25, 0.3) is 0 Å². The molecule has 1 aliphatic rings. The molecular weight excluding hydrogens is 270 g/mol. The fraction of sp³-hybridized carbons (Fsp3) is 0.467. The highest BCUT2D eigenvalue weighted by Gasteiger charge is 2.29. The SMILES string of the molecule is COc1cc(C)ccc1-c1noc([C@H]2C[C@H](OC)CN2)n1. The summed E-state index contributed by atoms with van der Waals surface area (Å²) in [5.74, 6) is 1.88. The fourth-order valence-corrected chi connectivity index (χ4v) is 2.54. The van der Waals surface area contributed by atoms with Crippen molar-refractivity contribution in [3.63, 3.8) is 0 Å². The first-order chi connectivity index (χ1) is 10.2. The highest BCUT2D eigenvalue weighted by atomic mass is 16.5. The second-order valence-corrected chi connectivity index (χ2v) is 5.21. The lowest BCUT2D eigenvalue weighted by Crippen LogP contribution is -2.16. The second-order valence-electron chi connectivity index (χ2n) is 5.21. The Bertz CT molecular complexity index is 626. The third-order valence-corrected chi connectivity index (χ3v) is 3.76. The van der Waals surface area contributed by atoms with Gasteiger partial charge in [-0.1, -0.05) is 11.2 Å². The summed E-state index contributed by atoms with van der Waals surface area (Å²) in [5.41, 5.74) is 1.96. The summed E-state index contributed by atoms with van der Waals surface area (Å²) in [7, 11) is 3.35. The molecule has 6 nitrogen and oxygen atoms in total. The molecule has 0 aliphatic carbocycles. The molecule has 3 rings (SSSR count). The minimum atomic E-state index is 0.0487. The van der Waals surface area contributed by atoms with Crippen LogP contribution in [0.4, 0.5) is 0 Å². The van der Waals surface area contributed by atoms with Gasteiger partial charge >= 0.3 is 0 Å². The largest absolute Gasteiger partial charge is 0.496 e. The lowest BCUT2D eigenvalue weighted by molar-refractivity contribution is 0.116. The Labute approximate surface area is 123 Å². The normalized spacial score (nSPS) is 21.7. The second kappa shape index (κ2) is 5.83. The van der Waals surface area contributed by atoms with Crippen LogP contribution in [0.15, 0.2) is 22.7 Å². The van der Waals surface area contributed by atoms with E-state index in [9.17, 15) is 0 Å². The van der Waals surface area contributed by atoms with Gasteiger partial charge in [-0.05, 0) is 31.0 Å². The summed E-state index contributed by atoms with van der Waals surface area (Å²) in [6, 6.07) is 5.96. The highest BCUT2D eigenvalue weighted by Crippen LogP contribution is 2.31. The van der Waals surface area contributed by atoms with Crippen LogP contribution in [0.3, 0.4) is 0 Å². The number of ether oxygens (including phenoxy) is 2. The molecule has 21 heavy (non-hydrogen) atoms. The maximum atomic E-state index is 5.39. The number of aromatic nitrogens is 2. The zero-order chi connectivity index (χ0) is 14.8. The van der Waals surface area contributed by atoms with E-state index in [0.717, 1.165) is 29.8 Å². The Kier molecular flexibility index (Phi) is 3.90. The molecule has 1 aliphatic heterocycles. The van der Waals surface area contributed by atoms with Crippen LogP contribution in [0.25, 0.3) is 11.4 Å². The molecule has 0 radical (unpaired) electrons. The maximum absolute atomic E-state index is 5.39. The summed E-state index contributed by atoms with van der Waals surface area (Å²) in [6.07, 6.45) is 1.03. The van der Waals surface area contributed by atoms with E-state index in [2.05, 4.69) is 15.5 Å². The number of nitrogens with one attached hydrogen (secondary N) is 1. The molecule has 0 bridgehead atoms. The average molecular weight is 289 g/mol. The van der Waals surface area contributed by atoms with E-state index in [1.165, 1.54) is 0 Å². The van der Waals surface area contributed by atoms with Gasteiger partial charge in [0.15, 0.2) is 0 Å². The van der Waals surface area contributed by atoms with Gasteiger partial charge in [0.05, 0.1) is 24.8 Å². The molecule has 2 heterocycles. The Morgan fingerprint density at radius 3 is 2.90 bits per heavy atom. The summed E-state index contributed by atoms with van der Waals surface area (Å²) >= 11 is 0. The lowest BCUT2D eigenvalue weighted by atomic mass is 10.1. The maximum Gasteiger partial charge on any atom is 0.244 e. The summed E-state index contributed by atoms with van der Waals surface area (Å²) < 4.78 is 16.1. The molecule has 6 heteroatoms. The molecule has 1 aromatic heterocycles. The van der Waals surface area contributed by atoms with Gasteiger partial charge in [-0.15, -0.1) is 0 Å². The van der Waals surface area contributed by atoms with Gasteiger partial charge in [-0.25, -0.2) is 0 Å². The van der Waals surface area contributed by atoms with Crippen molar-refractivity contribution < 1.29 is 14.0 Å². The van der Waals surface area contributed by atoms with Crippen molar-refractivity contribution in [3.05, 3.63) is 29.7 Å². The van der Waals surface area contributed by atoms with Crippen molar-refractivity contribution in [2.45, 2.75) is 25.5 Å². The predicted molar refractivity (Wildman–Crippen MR) is 77.2 cm³/mol. The van der Waals surface area contributed by atoms with Gasteiger partial charge in [-0.2, -0.15) is 4.98 Å². The standard InChI is InChI=1S/C15H19N3O3/c1-9-4-5-11(13(6-9)20-3)14-17-15(21-18-14)12-7-10(19-2)8-16-12/h4-6,10,12,16H,7-8H2,1-3H3/t10-,12+/m0/s1. The molecule has 1 saturated heterocycles. The van der Waals surface area contributed by atoms with E-state index >= 15 is 0 Å². The Balaban J connectivity index is 1.85. The topological polar surface area (TPSA) is 69.4 Å². The van der Waals surface area contributed by atoms with Crippen LogP contribution in [0.2, 0.25) is 0 Å². The molecule has 2 aromatic rings. The number of rotatable bonds is 4. The van der Waals surface area contributed by atoms with Crippen LogP contribution in [0.1, 0.15) is 23.9 Å². The summed E-state index contributed by atoms with van der Waals surface area (Å²) in [4.78, 5) is 4.49. The smallest absolute Gasteiger partial charge is 0.244 e. The van der Waals surface area contributed by atoms with E-state index in [0.29, 0.717) is 11.7 Å². The minimum Gasteiger partial charge on any atom is -0.496 e. The molecule has 2 atom stereocenters. The van der Waals surface area contributed by atoms with Crippen molar-refractivity contribution in [1.29, 1.82) is 0 Å². The van der Waals surface area contributed by atoms with Gasteiger partial charge in [0.2, 0.25) is 11.7 Å². The van der Waals surface area contributed by atoms with E-state index in [1.807, 2.05) is 25.1 Å². The van der Waals surface area contributed by atoms with Crippen molar-refractivity contribution in [1.82, 2.24) is 15.5 Å². The first-order valence-corrected chi connectivity index (χ1v) is 6.96. The molecule has 0 amide bonds. The van der Waals surface area contributed by atoms with Crippen LogP contribution in [-0.4, -0.2) is 37.0 Å². The van der Waals surface area contributed by atoms with Crippen LogP contribution in [-0.2, 0) is 4.74 Å². The Hall–Kier alpha value is -1.92.